The van der Waals surface area contributed by atoms with E-state index >= 15 is 0 Å². The molecule has 1 aliphatic rings. The predicted molar refractivity (Wildman–Crippen MR) is 93.4 cm³/mol. The molecule has 0 saturated heterocycles. The number of anilines is 1. The largest absolute Gasteiger partial charge is 0.348 e. The highest BCUT2D eigenvalue weighted by Crippen LogP contribution is 2.27. The van der Waals surface area contributed by atoms with Crippen molar-refractivity contribution in [2.45, 2.75) is 25.4 Å². The second-order valence-corrected chi connectivity index (χ2v) is 6.17. The third kappa shape index (κ3) is 4.00. The molecule has 0 aliphatic heterocycles. The average Bonchev–Trinajstić information content (AvgIpc) is 2.58. The van der Waals surface area contributed by atoms with Gasteiger partial charge < -0.3 is 16.4 Å². The van der Waals surface area contributed by atoms with Gasteiger partial charge in [0.15, 0.2) is 0 Å². The Bertz CT molecular complexity index is 724. The second kappa shape index (κ2) is 7.27. The van der Waals surface area contributed by atoms with Crippen molar-refractivity contribution in [2.75, 3.05) is 5.32 Å². The lowest BCUT2D eigenvalue weighted by atomic mass is 9.80. The van der Waals surface area contributed by atoms with Crippen LogP contribution in [-0.4, -0.2) is 17.9 Å². The summed E-state index contributed by atoms with van der Waals surface area (Å²) in [5, 5.41) is 5.74. The highest BCUT2D eigenvalue weighted by atomic mass is 16.2. The first-order valence-corrected chi connectivity index (χ1v) is 8.10. The summed E-state index contributed by atoms with van der Waals surface area (Å²) >= 11 is 0. The number of carbonyl (C=O) groups is 2. The van der Waals surface area contributed by atoms with Crippen molar-refractivity contribution in [3.8, 4) is 0 Å². The third-order valence-electron chi connectivity index (χ3n) is 4.23. The zero-order valence-electron chi connectivity index (χ0n) is 13.4. The van der Waals surface area contributed by atoms with E-state index in [1.807, 2.05) is 30.3 Å². The van der Waals surface area contributed by atoms with E-state index in [-0.39, 0.29) is 23.8 Å². The molecule has 1 fully saturated rings. The number of nitrogens with two attached hydrogens (primary N) is 1. The van der Waals surface area contributed by atoms with Crippen LogP contribution in [0.5, 0.6) is 0 Å². The van der Waals surface area contributed by atoms with E-state index in [0.717, 1.165) is 18.4 Å². The van der Waals surface area contributed by atoms with Gasteiger partial charge in [-0.25, -0.2) is 0 Å². The molecule has 0 radical (unpaired) electrons. The van der Waals surface area contributed by atoms with Gasteiger partial charge in [0.2, 0.25) is 5.91 Å². The molecule has 3 rings (SSSR count). The van der Waals surface area contributed by atoms with Crippen molar-refractivity contribution in [2.24, 2.45) is 11.7 Å². The normalized spacial score (nSPS) is 19.2. The molecule has 2 amide bonds. The Morgan fingerprint density at radius 2 is 1.79 bits per heavy atom. The summed E-state index contributed by atoms with van der Waals surface area (Å²) in [5.74, 6) is -0.213. The molecule has 2 aromatic carbocycles. The second-order valence-electron chi connectivity index (χ2n) is 6.17. The standard InChI is InChI=1S/C19H21N3O2/c20-16-9-15(10-16)19(24)22-17-8-4-7-14(11-17)18(23)21-12-13-5-2-1-3-6-13/h1-8,11,15-16H,9-10,12,20H2,(H,21,23)(H,22,24). The van der Waals surface area contributed by atoms with Crippen molar-refractivity contribution >= 4 is 17.5 Å². The van der Waals surface area contributed by atoms with Crippen LogP contribution in [0.2, 0.25) is 0 Å². The van der Waals surface area contributed by atoms with Gasteiger partial charge in [0, 0.05) is 29.8 Å². The Balaban J connectivity index is 1.58. The first-order valence-electron chi connectivity index (χ1n) is 8.10. The van der Waals surface area contributed by atoms with E-state index in [2.05, 4.69) is 10.6 Å². The summed E-state index contributed by atoms with van der Waals surface area (Å²) in [6.07, 6.45) is 1.45. The maximum absolute atomic E-state index is 12.3. The molecular formula is C19H21N3O2. The molecule has 0 bridgehead atoms. The van der Waals surface area contributed by atoms with Gasteiger partial charge in [0.25, 0.3) is 5.91 Å². The number of benzene rings is 2. The number of hydrogen-bond acceptors (Lipinski definition) is 3. The van der Waals surface area contributed by atoms with Crippen LogP contribution < -0.4 is 16.4 Å². The molecule has 24 heavy (non-hydrogen) atoms. The smallest absolute Gasteiger partial charge is 0.251 e. The van der Waals surface area contributed by atoms with Crippen LogP contribution in [0.15, 0.2) is 54.6 Å². The number of nitrogens with one attached hydrogen (secondary N) is 2. The quantitative estimate of drug-likeness (QED) is 0.789. The van der Waals surface area contributed by atoms with E-state index in [9.17, 15) is 9.59 Å². The Morgan fingerprint density at radius 1 is 1.04 bits per heavy atom. The minimum Gasteiger partial charge on any atom is -0.348 e. The first kappa shape index (κ1) is 16.2. The molecular weight excluding hydrogens is 302 g/mol. The molecule has 0 aromatic heterocycles. The monoisotopic (exact) mass is 323 g/mol. The summed E-state index contributed by atoms with van der Waals surface area (Å²) in [4.78, 5) is 24.3. The van der Waals surface area contributed by atoms with Crippen LogP contribution in [0.1, 0.15) is 28.8 Å². The summed E-state index contributed by atoms with van der Waals surface area (Å²) in [7, 11) is 0. The van der Waals surface area contributed by atoms with Crippen molar-refractivity contribution in [1.82, 2.24) is 5.32 Å². The molecule has 5 nitrogen and oxygen atoms in total. The lowest BCUT2D eigenvalue weighted by molar-refractivity contribution is -0.122. The van der Waals surface area contributed by atoms with Gasteiger partial charge in [-0.05, 0) is 36.6 Å². The van der Waals surface area contributed by atoms with Crippen molar-refractivity contribution < 1.29 is 9.59 Å². The van der Waals surface area contributed by atoms with E-state index in [4.69, 9.17) is 5.73 Å². The molecule has 1 aliphatic carbocycles. The average molecular weight is 323 g/mol. The first-order chi connectivity index (χ1) is 11.6. The van der Waals surface area contributed by atoms with Crippen LogP contribution in [0.4, 0.5) is 5.69 Å². The summed E-state index contributed by atoms with van der Waals surface area (Å²) < 4.78 is 0. The van der Waals surface area contributed by atoms with Crippen LogP contribution in [0.25, 0.3) is 0 Å². The van der Waals surface area contributed by atoms with Gasteiger partial charge in [0.1, 0.15) is 0 Å². The Labute approximate surface area is 141 Å². The maximum Gasteiger partial charge on any atom is 0.251 e. The van der Waals surface area contributed by atoms with Gasteiger partial charge in [-0.1, -0.05) is 36.4 Å². The molecule has 2 aromatic rings. The zero-order valence-corrected chi connectivity index (χ0v) is 13.4. The molecule has 4 N–H and O–H groups in total. The maximum atomic E-state index is 12.3. The van der Waals surface area contributed by atoms with E-state index in [1.165, 1.54) is 0 Å². The lowest BCUT2D eigenvalue weighted by Crippen LogP contribution is -2.42. The zero-order chi connectivity index (χ0) is 16.9. The summed E-state index contributed by atoms with van der Waals surface area (Å²) in [6.45, 7) is 0.468. The SMILES string of the molecule is NC1CC(C(=O)Nc2cccc(C(=O)NCc3ccccc3)c2)C1. The highest BCUT2D eigenvalue weighted by Gasteiger charge is 2.31. The topological polar surface area (TPSA) is 84.2 Å². The Hall–Kier alpha value is -2.66. The molecule has 0 spiro atoms. The molecule has 0 atom stereocenters. The van der Waals surface area contributed by atoms with Crippen molar-refractivity contribution in [1.29, 1.82) is 0 Å². The summed E-state index contributed by atoms with van der Waals surface area (Å²) in [6, 6.07) is 16.8. The number of hydrogen-bond donors (Lipinski definition) is 3. The third-order valence-corrected chi connectivity index (χ3v) is 4.23. The van der Waals surface area contributed by atoms with Gasteiger partial charge in [0.05, 0.1) is 0 Å². The van der Waals surface area contributed by atoms with Crippen molar-refractivity contribution in [3.05, 3.63) is 65.7 Å². The molecule has 5 heteroatoms. The molecule has 1 saturated carbocycles. The van der Waals surface area contributed by atoms with Crippen LogP contribution in [0, 0.1) is 5.92 Å². The predicted octanol–water partition coefficient (Wildman–Crippen LogP) is 2.29. The fraction of sp³-hybridized carbons (Fsp3) is 0.263. The summed E-state index contributed by atoms with van der Waals surface area (Å²) in [5.41, 5.74) is 7.91. The lowest BCUT2D eigenvalue weighted by Gasteiger charge is -2.31. The number of rotatable bonds is 5. The van der Waals surface area contributed by atoms with Gasteiger partial charge >= 0.3 is 0 Å². The Morgan fingerprint density at radius 3 is 2.50 bits per heavy atom. The van der Waals surface area contributed by atoms with E-state index in [0.29, 0.717) is 17.8 Å². The van der Waals surface area contributed by atoms with Crippen LogP contribution in [0.3, 0.4) is 0 Å². The van der Waals surface area contributed by atoms with Crippen LogP contribution in [-0.2, 0) is 11.3 Å². The van der Waals surface area contributed by atoms with E-state index < -0.39 is 0 Å². The van der Waals surface area contributed by atoms with Crippen LogP contribution >= 0.6 is 0 Å². The fourth-order valence-electron chi connectivity index (χ4n) is 2.74. The van der Waals surface area contributed by atoms with Gasteiger partial charge in [-0.2, -0.15) is 0 Å². The van der Waals surface area contributed by atoms with E-state index in [1.54, 1.807) is 24.3 Å². The van der Waals surface area contributed by atoms with Gasteiger partial charge in [-0.15, -0.1) is 0 Å². The minimum absolute atomic E-state index is 0.0180. The fourth-order valence-corrected chi connectivity index (χ4v) is 2.74. The minimum atomic E-state index is -0.166. The highest BCUT2D eigenvalue weighted by molar-refractivity contribution is 5.97. The van der Waals surface area contributed by atoms with Gasteiger partial charge in [-0.3, -0.25) is 9.59 Å². The van der Waals surface area contributed by atoms with Crippen molar-refractivity contribution in [3.63, 3.8) is 0 Å². The number of carbonyl (C=O) groups excluding carboxylic acids is 2. The molecule has 0 heterocycles. The Kier molecular flexibility index (Phi) is 4.91. The molecule has 0 unspecified atom stereocenters. The molecule has 124 valence electrons. The number of amides is 2.